The van der Waals surface area contributed by atoms with Gasteiger partial charge in [-0.05, 0) is 51.4 Å². The molecule has 0 aliphatic carbocycles. The molecule has 0 saturated heterocycles. The standard InChI is InChI=1S/C66H124O5/c1-3-5-7-9-11-13-15-17-19-21-23-25-26-27-28-29-30-31-32-33-34-35-36-37-38-39-41-42-44-46-48-50-52-54-56-58-60-65(68)70-63-64(62-67)71-66(69)61-59-57-55-53-51-49-47-45-43-40-24-22-20-18-16-14-12-10-8-6-4-2/h16,18,22,24,43,45,64,67H,3-15,17,19-21,23,25-42,44,46-63H2,1-2H3/b18-16-,24-22-,45-43-. The third-order valence-electron chi connectivity index (χ3n) is 14.7. The van der Waals surface area contributed by atoms with Crippen LogP contribution in [0.4, 0.5) is 0 Å². The Morgan fingerprint density at radius 1 is 0.324 bits per heavy atom. The first kappa shape index (κ1) is 69.1. The lowest BCUT2D eigenvalue weighted by Gasteiger charge is -2.15. The van der Waals surface area contributed by atoms with E-state index in [-0.39, 0.29) is 25.2 Å². The molecular formula is C66H124O5. The first-order chi connectivity index (χ1) is 35.1. The number of esters is 2. The number of allylic oxidation sites excluding steroid dienone is 6. The average Bonchev–Trinajstić information content (AvgIpc) is 3.37. The Balaban J connectivity index is 3.39. The van der Waals surface area contributed by atoms with Crippen molar-refractivity contribution in [2.24, 2.45) is 0 Å². The van der Waals surface area contributed by atoms with E-state index in [0.29, 0.717) is 12.8 Å². The molecule has 5 heteroatoms. The topological polar surface area (TPSA) is 72.8 Å². The molecule has 5 nitrogen and oxygen atoms in total. The van der Waals surface area contributed by atoms with E-state index in [9.17, 15) is 14.7 Å². The SMILES string of the molecule is CCCCCCC/C=C\C/C=C\C/C=C\CCCCCCCCC(=O)OC(CO)COC(=O)CCCCCCCCCCCCCCCCCCCCCCCCCCCCCCCCCCCCCC. The first-order valence-corrected chi connectivity index (χ1v) is 32.0. The van der Waals surface area contributed by atoms with Gasteiger partial charge in [0, 0.05) is 12.8 Å². The van der Waals surface area contributed by atoms with Crippen LogP contribution in [0.2, 0.25) is 0 Å². The van der Waals surface area contributed by atoms with E-state index in [1.54, 1.807) is 0 Å². The van der Waals surface area contributed by atoms with Gasteiger partial charge in [0.25, 0.3) is 0 Å². The quantitative estimate of drug-likeness (QED) is 0.0373. The summed E-state index contributed by atoms with van der Waals surface area (Å²) in [6.45, 7) is 4.17. The van der Waals surface area contributed by atoms with Crippen LogP contribution >= 0.6 is 0 Å². The maximum absolute atomic E-state index is 12.3. The Morgan fingerprint density at radius 3 is 0.845 bits per heavy atom. The van der Waals surface area contributed by atoms with Gasteiger partial charge >= 0.3 is 11.9 Å². The molecule has 0 aromatic heterocycles. The molecule has 0 fully saturated rings. The minimum absolute atomic E-state index is 0.0673. The van der Waals surface area contributed by atoms with Crippen molar-refractivity contribution < 1.29 is 24.2 Å². The Kier molecular flexibility index (Phi) is 60.8. The molecule has 0 spiro atoms. The smallest absolute Gasteiger partial charge is 0.306 e. The van der Waals surface area contributed by atoms with Crippen LogP contribution in [0.5, 0.6) is 0 Å². The Bertz CT molecular complexity index is 1130. The summed E-state index contributed by atoms with van der Waals surface area (Å²) in [5.41, 5.74) is 0. The summed E-state index contributed by atoms with van der Waals surface area (Å²) in [5.74, 6) is -0.588. The van der Waals surface area contributed by atoms with Gasteiger partial charge in [0.15, 0.2) is 6.10 Å². The summed E-state index contributed by atoms with van der Waals surface area (Å²) < 4.78 is 10.7. The number of aliphatic hydroxyl groups is 1. The zero-order chi connectivity index (χ0) is 51.3. The van der Waals surface area contributed by atoms with Crippen LogP contribution in [0, 0.1) is 0 Å². The average molecular weight is 998 g/mol. The van der Waals surface area contributed by atoms with Crippen LogP contribution < -0.4 is 0 Å². The molecule has 0 aromatic rings. The lowest BCUT2D eigenvalue weighted by molar-refractivity contribution is -0.161. The summed E-state index contributed by atoms with van der Waals surface area (Å²) in [6, 6.07) is 0. The van der Waals surface area contributed by atoms with Crippen LogP contribution in [0.25, 0.3) is 0 Å². The molecule has 1 unspecified atom stereocenters. The molecule has 0 saturated carbocycles. The number of hydrogen-bond acceptors (Lipinski definition) is 5. The van der Waals surface area contributed by atoms with Crippen molar-refractivity contribution >= 4 is 11.9 Å². The third kappa shape index (κ3) is 60.6. The lowest BCUT2D eigenvalue weighted by atomic mass is 10.0. The normalized spacial score (nSPS) is 12.3. The fourth-order valence-electron chi connectivity index (χ4n) is 9.86. The molecule has 0 amide bonds. The number of unbranched alkanes of at least 4 members (excludes halogenated alkanes) is 46. The lowest BCUT2D eigenvalue weighted by Crippen LogP contribution is -2.28. The highest BCUT2D eigenvalue weighted by Gasteiger charge is 2.16. The molecule has 0 aromatic carbocycles. The Hall–Kier alpha value is -1.88. The van der Waals surface area contributed by atoms with Crippen molar-refractivity contribution in [3.8, 4) is 0 Å². The highest BCUT2D eigenvalue weighted by Crippen LogP contribution is 2.18. The van der Waals surface area contributed by atoms with E-state index in [4.69, 9.17) is 9.47 Å². The van der Waals surface area contributed by atoms with Gasteiger partial charge in [-0.3, -0.25) is 9.59 Å². The predicted molar refractivity (Wildman–Crippen MR) is 311 cm³/mol. The largest absolute Gasteiger partial charge is 0.462 e. The van der Waals surface area contributed by atoms with Crippen molar-refractivity contribution in [2.75, 3.05) is 13.2 Å². The minimum atomic E-state index is -0.778. The summed E-state index contributed by atoms with van der Waals surface area (Å²) in [6.07, 6.45) is 81.7. The molecule has 1 atom stereocenters. The molecule has 0 aliphatic heterocycles. The highest BCUT2D eigenvalue weighted by atomic mass is 16.6. The second-order valence-electron chi connectivity index (χ2n) is 21.9. The maximum atomic E-state index is 12.3. The predicted octanol–water partition coefficient (Wildman–Crippen LogP) is 21.8. The van der Waals surface area contributed by atoms with Crippen molar-refractivity contribution in [2.45, 2.75) is 360 Å². The molecule has 0 aliphatic rings. The van der Waals surface area contributed by atoms with E-state index in [1.165, 1.54) is 270 Å². The zero-order valence-corrected chi connectivity index (χ0v) is 48.0. The highest BCUT2D eigenvalue weighted by molar-refractivity contribution is 5.70. The van der Waals surface area contributed by atoms with E-state index >= 15 is 0 Å². The van der Waals surface area contributed by atoms with Crippen molar-refractivity contribution in [1.82, 2.24) is 0 Å². The van der Waals surface area contributed by atoms with Crippen LogP contribution in [-0.2, 0) is 19.1 Å². The Labute approximate surface area is 444 Å². The van der Waals surface area contributed by atoms with Gasteiger partial charge in [-0.25, -0.2) is 0 Å². The van der Waals surface area contributed by atoms with Crippen molar-refractivity contribution in [3.05, 3.63) is 36.5 Å². The molecule has 0 heterocycles. The molecule has 0 bridgehead atoms. The maximum Gasteiger partial charge on any atom is 0.306 e. The second kappa shape index (κ2) is 62.4. The molecule has 0 rings (SSSR count). The number of hydrogen-bond donors (Lipinski definition) is 1. The second-order valence-corrected chi connectivity index (χ2v) is 21.9. The minimum Gasteiger partial charge on any atom is -0.462 e. The van der Waals surface area contributed by atoms with Crippen molar-refractivity contribution in [3.63, 3.8) is 0 Å². The number of carbonyl (C=O) groups is 2. The molecular weight excluding hydrogens is 873 g/mol. The van der Waals surface area contributed by atoms with Crippen LogP contribution in [-0.4, -0.2) is 36.4 Å². The van der Waals surface area contributed by atoms with E-state index < -0.39 is 6.10 Å². The van der Waals surface area contributed by atoms with Gasteiger partial charge in [0.05, 0.1) is 6.61 Å². The Morgan fingerprint density at radius 2 is 0.563 bits per heavy atom. The third-order valence-corrected chi connectivity index (χ3v) is 14.7. The van der Waals surface area contributed by atoms with E-state index in [1.807, 2.05) is 0 Å². The zero-order valence-electron chi connectivity index (χ0n) is 48.0. The van der Waals surface area contributed by atoms with Gasteiger partial charge in [-0.15, -0.1) is 0 Å². The number of ether oxygens (including phenoxy) is 2. The van der Waals surface area contributed by atoms with Crippen molar-refractivity contribution in [1.29, 1.82) is 0 Å². The molecule has 0 radical (unpaired) electrons. The summed E-state index contributed by atoms with van der Waals surface area (Å²) in [4.78, 5) is 24.6. The van der Waals surface area contributed by atoms with Crippen LogP contribution in [0.1, 0.15) is 354 Å². The fraction of sp³-hybridized carbons (Fsp3) is 0.879. The monoisotopic (exact) mass is 997 g/mol. The number of carbonyl (C=O) groups excluding carboxylic acids is 2. The molecule has 71 heavy (non-hydrogen) atoms. The summed E-state index contributed by atoms with van der Waals surface area (Å²) in [5, 5.41) is 9.66. The van der Waals surface area contributed by atoms with Gasteiger partial charge in [0.2, 0.25) is 0 Å². The van der Waals surface area contributed by atoms with E-state index in [2.05, 4.69) is 50.3 Å². The summed E-state index contributed by atoms with van der Waals surface area (Å²) in [7, 11) is 0. The summed E-state index contributed by atoms with van der Waals surface area (Å²) >= 11 is 0. The fourth-order valence-corrected chi connectivity index (χ4v) is 9.86. The first-order valence-electron chi connectivity index (χ1n) is 32.0. The van der Waals surface area contributed by atoms with Crippen LogP contribution in [0.15, 0.2) is 36.5 Å². The number of aliphatic hydroxyl groups excluding tert-OH is 1. The van der Waals surface area contributed by atoms with Gasteiger partial charge in [0.1, 0.15) is 6.61 Å². The van der Waals surface area contributed by atoms with E-state index in [0.717, 1.165) is 57.8 Å². The van der Waals surface area contributed by atoms with Gasteiger partial charge in [-0.1, -0.05) is 326 Å². The van der Waals surface area contributed by atoms with Gasteiger partial charge < -0.3 is 14.6 Å². The van der Waals surface area contributed by atoms with Gasteiger partial charge in [-0.2, -0.15) is 0 Å². The molecule has 1 N–H and O–H groups in total. The number of rotatable bonds is 60. The molecule has 418 valence electrons. The van der Waals surface area contributed by atoms with Crippen LogP contribution in [0.3, 0.4) is 0 Å².